The number of hydrogen-bond acceptors (Lipinski definition) is 7. The molecule has 3 fully saturated rings. The molecule has 0 amide bonds. The van der Waals surface area contributed by atoms with Gasteiger partial charge in [0.05, 0.1) is 5.92 Å². The summed E-state index contributed by atoms with van der Waals surface area (Å²) < 4.78 is 15.1. The molecular formula is C14H13N3O6+2. The van der Waals surface area contributed by atoms with Crippen LogP contribution in [0.3, 0.4) is 0 Å². The number of rotatable bonds is 3. The normalized spacial score (nSPS) is 35.8. The molecule has 0 aromatic carbocycles. The fourth-order valence-corrected chi connectivity index (χ4v) is 3.74. The van der Waals surface area contributed by atoms with Crippen LogP contribution in [0.15, 0.2) is 0 Å². The minimum atomic E-state index is -1.14. The van der Waals surface area contributed by atoms with Gasteiger partial charge in [-0.25, -0.2) is 9.59 Å². The second kappa shape index (κ2) is 5.36. The summed E-state index contributed by atoms with van der Waals surface area (Å²) in [5.41, 5.74) is 0. The van der Waals surface area contributed by atoms with Gasteiger partial charge >= 0.3 is 23.7 Å². The Balaban J connectivity index is 1.61. The monoisotopic (exact) mass is 319 g/mol. The SMILES string of the molecule is C#[N+]C(=N)C(=O)OCC(=O)OC1C2CC3C1OC(=O)C3C2[N+]#C. The number of ether oxygens (including phenoxy) is 3. The lowest BCUT2D eigenvalue weighted by atomic mass is 9.84. The van der Waals surface area contributed by atoms with Gasteiger partial charge in [-0.1, -0.05) is 10.3 Å². The minimum Gasteiger partial charge on any atom is -0.458 e. The van der Waals surface area contributed by atoms with Gasteiger partial charge in [-0.15, -0.1) is 4.85 Å². The van der Waals surface area contributed by atoms with E-state index < -0.39 is 42.6 Å². The van der Waals surface area contributed by atoms with Gasteiger partial charge in [-0.05, 0) is 6.42 Å². The summed E-state index contributed by atoms with van der Waals surface area (Å²) in [6.07, 6.45) is -0.529. The van der Waals surface area contributed by atoms with Gasteiger partial charge in [0.2, 0.25) is 0 Å². The first-order valence-corrected chi connectivity index (χ1v) is 6.94. The highest BCUT2D eigenvalue weighted by atomic mass is 16.6. The van der Waals surface area contributed by atoms with Crippen LogP contribution in [-0.4, -0.2) is 48.6 Å². The van der Waals surface area contributed by atoms with E-state index in [1.54, 1.807) is 0 Å². The number of carbonyl (C=O) groups is 3. The maximum atomic E-state index is 11.8. The van der Waals surface area contributed by atoms with Crippen LogP contribution in [-0.2, 0) is 28.6 Å². The molecule has 0 aromatic heterocycles. The summed E-state index contributed by atoms with van der Waals surface area (Å²) >= 11 is 0. The number of carbonyl (C=O) groups excluding carboxylic acids is 3. The second-order valence-electron chi connectivity index (χ2n) is 5.64. The van der Waals surface area contributed by atoms with Crippen LogP contribution < -0.4 is 0 Å². The summed E-state index contributed by atoms with van der Waals surface area (Å²) in [5.74, 6) is -3.76. The van der Waals surface area contributed by atoms with Gasteiger partial charge in [0.15, 0.2) is 6.61 Å². The molecule has 23 heavy (non-hydrogen) atoms. The third-order valence-electron chi connectivity index (χ3n) is 4.59. The van der Waals surface area contributed by atoms with Crippen molar-refractivity contribution in [2.24, 2.45) is 17.8 Å². The van der Waals surface area contributed by atoms with Crippen LogP contribution in [0, 0.1) is 36.3 Å². The average molecular weight is 319 g/mol. The molecule has 3 aliphatic rings. The zero-order chi connectivity index (χ0) is 16.7. The van der Waals surface area contributed by atoms with Crippen molar-refractivity contribution in [1.29, 1.82) is 5.41 Å². The lowest BCUT2D eigenvalue weighted by molar-refractivity contribution is -0.168. The van der Waals surface area contributed by atoms with Crippen LogP contribution in [0.2, 0.25) is 0 Å². The van der Waals surface area contributed by atoms with Gasteiger partial charge in [-0.3, -0.25) is 4.79 Å². The molecule has 0 spiro atoms. The fraction of sp³-hybridized carbons (Fsp3) is 0.571. The summed E-state index contributed by atoms with van der Waals surface area (Å²) in [4.78, 5) is 41.4. The zero-order valence-electron chi connectivity index (χ0n) is 11.9. The van der Waals surface area contributed by atoms with Crippen LogP contribution in [0.1, 0.15) is 6.42 Å². The van der Waals surface area contributed by atoms with Crippen molar-refractivity contribution < 1.29 is 28.6 Å². The number of fused-ring (bicyclic) bond motifs is 1. The maximum absolute atomic E-state index is 11.8. The largest absolute Gasteiger partial charge is 0.502 e. The number of amidine groups is 1. The molecule has 0 radical (unpaired) electrons. The molecule has 0 aromatic rings. The predicted octanol–water partition coefficient (Wildman–Crippen LogP) is -0.0960. The molecule has 1 heterocycles. The van der Waals surface area contributed by atoms with Crippen molar-refractivity contribution in [2.45, 2.75) is 24.7 Å². The van der Waals surface area contributed by atoms with Crippen molar-refractivity contribution in [2.75, 3.05) is 6.61 Å². The number of nitrogens with zero attached hydrogens (tertiary/aromatic N) is 2. The highest BCUT2D eigenvalue weighted by molar-refractivity contribution is 6.38. The van der Waals surface area contributed by atoms with Gasteiger partial charge < -0.3 is 14.2 Å². The Morgan fingerprint density at radius 1 is 1.35 bits per heavy atom. The Labute approximate surface area is 130 Å². The molecule has 2 bridgehead atoms. The van der Waals surface area contributed by atoms with Gasteiger partial charge in [0, 0.05) is 5.92 Å². The van der Waals surface area contributed by atoms with Crippen molar-refractivity contribution in [3.63, 3.8) is 0 Å². The number of nitrogens with one attached hydrogen (secondary N) is 1. The summed E-state index contributed by atoms with van der Waals surface area (Å²) in [6, 6.07) is -0.434. The first kappa shape index (κ1) is 15.0. The van der Waals surface area contributed by atoms with E-state index in [0.29, 0.717) is 6.42 Å². The third kappa shape index (κ3) is 2.21. The molecule has 3 rings (SSSR count). The summed E-state index contributed by atoms with van der Waals surface area (Å²) in [5, 5.41) is 7.02. The first-order chi connectivity index (χ1) is 11.0. The molecule has 9 nitrogen and oxygen atoms in total. The van der Waals surface area contributed by atoms with Crippen LogP contribution >= 0.6 is 0 Å². The molecular weight excluding hydrogens is 306 g/mol. The van der Waals surface area contributed by atoms with Crippen molar-refractivity contribution in [3.8, 4) is 13.1 Å². The Kier molecular flexibility index (Phi) is 3.49. The van der Waals surface area contributed by atoms with Crippen molar-refractivity contribution in [3.05, 3.63) is 9.69 Å². The van der Waals surface area contributed by atoms with Crippen LogP contribution in [0.25, 0.3) is 9.69 Å². The summed E-state index contributed by atoms with van der Waals surface area (Å²) in [7, 11) is 0. The third-order valence-corrected chi connectivity index (χ3v) is 4.59. The van der Waals surface area contributed by atoms with E-state index in [2.05, 4.69) is 14.4 Å². The smallest absolute Gasteiger partial charge is 0.458 e. The molecule has 6 unspecified atom stereocenters. The quantitative estimate of drug-likeness (QED) is 0.337. The molecule has 2 aliphatic carbocycles. The molecule has 118 valence electrons. The lowest BCUT2D eigenvalue weighted by Gasteiger charge is -2.24. The van der Waals surface area contributed by atoms with Crippen LogP contribution in [0.5, 0.6) is 0 Å². The Hall–Kier alpha value is -2.94. The Morgan fingerprint density at radius 2 is 2.09 bits per heavy atom. The number of esters is 3. The lowest BCUT2D eigenvalue weighted by Crippen LogP contribution is -2.42. The van der Waals surface area contributed by atoms with Crippen molar-refractivity contribution in [1.82, 2.24) is 0 Å². The maximum Gasteiger partial charge on any atom is 0.502 e. The highest BCUT2D eigenvalue weighted by Gasteiger charge is 2.72. The van der Waals surface area contributed by atoms with Gasteiger partial charge in [0.25, 0.3) is 12.6 Å². The molecule has 1 aliphatic heterocycles. The topological polar surface area (TPSA) is 111 Å². The molecule has 9 heteroatoms. The molecule has 2 saturated carbocycles. The van der Waals surface area contributed by atoms with E-state index in [-0.39, 0.29) is 23.7 Å². The highest BCUT2D eigenvalue weighted by Crippen LogP contribution is 2.56. The van der Waals surface area contributed by atoms with Crippen LogP contribution in [0.4, 0.5) is 0 Å². The van der Waals surface area contributed by atoms with E-state index in [9.17, 15) is 14.4 Å². The van der Waals surface area contributed by atoms with E-state index >= 15 is 0 Å². The van der Waals surface area contributed by atoms with E-state index in [1.807, 2.05) is 0 Å². The van der Waals surface area contributed by atoms with Gasteiger partial charge in [-0.2, -0.15) is 0 Å². The molecule has 1 saturated heterocycles. The van der Waals surface area contributed by atoms with E-state index in [4.69, 9.17) is 28.0 Å². The summed E-state index contributed by atoms with van der Waals surface area (Å²) in [6.45, 7) is 9.42. The minimum absolute atomic E-state index is 0.0608. The standard InChI is InChI=1S/C14H13N3O6/c1-16-9-6-3-5-8(9)13(19)23-10(5)11(6)22-7(18)4-21-14(20)12(15)17-2/h1-2,5-6,8-11,15H,3-4H2/q+2. The number of hydrogen-bond donors (Lipinski definition) is 1. The molecule has 1 N–H and O–H groups in total. The second-order valence-corrected chi connectivity index (χ2v) is 5.64. The van der Waals surface area contributed by atoms with E-state index in [1.165, 1.54) is 0 Å². The van der Waals surface area contributed by atoms with Crippen molar-refractivity contribution >= 4 is 23.7 Å². The predicted molar refractivity (Wildman–Crippen MR) is 73.9 cm³/mol. The first-order valence-electron chi connectivity index (χ1n) is 6.94. The zero-order valence-corrected chi connectivity index (χ0v) is 11.9. The average Bonchev–Trinajstić information content (AvgIpc) is 3.14. The molecule has 6 atom stereocenters. The fourth-order valence-electron chi connectivity index (χ4n) is 3.74. The Bertz CT molecular complexity index is 690. The van der Waals surface area contributed by atoms with E-state index in [0.717, 1.165) is 0 Å². The van der Waals surface area contributed by atoms with Gasteiger partial charge in [0.1, 0.15) is 24.7 Å². The Morgan fingerprint density at radius 3 is 2.74 bits per heavy atom.